The van der Waals surface area contributed by atoms with Crippen molar-refractivity contribution in [3.63, 3.8) is 0 Å². The molecule has 0 saturated heterocycles. The molecule has 1 heteroatoms. The lowest BCUT2D eigenvalue weighted by Crippen LogP contribution is -2.28. The van der Waals surface area contributed by atoms with Crippen molar-refractivity contribution in [3.8, 4) is 0 Å². The van der Waals surface area contributed by atoms with Crippen LogP contribution in [0.3, 0.4) is 0 Å². The number of ether oxygens (including phenoxy) is 1. The first-order valence-electron chi connectivity index (χ1n) is 5.93. The zero-order chi connectivity index (χ0) is 10.8. The van der Waals surface area contributed by atoms with E-state index in [0.29, 0.717) is 12.0 Å². The van der Waals surface area contributed by atoms with Crippen molar-refractivity contribution in [2.24, 2.45) is 5.92 Å². The maximum Gasteiger partial charge on any atom is 0.0723 e. The van der Waals surface area contributed by atoms with Crippen LogP contribution >= 0.6 is 0 Å². The predicted octanol–water partition coefficient (Wildman–Crippen LogP) is 3.35. The molecule has 1 aromatic rings. The molecule has 0 aromatic heterocycles. The lowest BCUT2D eigenvalue weighted by Gasteiger charge is -2.29. The van der Waals surface area contributed by atoms with Crippen LogP contribution in [0.5, 0.6) is 0 Å². The molecule has 2 rings (SSSR count). The first kappa shape index (κ1) is 10.7. The average molecular weight is 204 g/mol. The Morgan fingerprint density at radius 1 is 1.40 bits per heavy atom. The molecule has 0 spiro atoms. The van der Waals surface area contributed by atoms with E-state index in [1.165, 1.54) is 11.1 Å². The highest BCUT2D eigenvalue weighted by Gasteiger charge is 2.22. The molecule has 0 N–H and O–H groups in total. The van der Waals surface area contributed by atoms with Crippen molar-refractivity contribution < 1.29 is 4.74 Å². The van der Waals surface area contributed by atoms with E-state index in [4.69, 9.17) is 4.74 Å². The summed E-state index contributed by atoms with van der Waals surface area (Å²) in [6.07, 6.45) is 2.63. The maximum absolute atomic E-state index is 5.87. The van der Waals surface area contributed by atoms with Crippen LogP contribution in [-0.2, 0) is 24.2 Å². The monoisotopic (exact) mass is 204 g/mol. The van der Waals surface area contributed by atoms with Gasteiger partial charge in [0.1, 0.15) is 0 Å². The summed E-state index contributed by atoms with van der Waals surface area (Å²) < 4.78 is 5.87. The number of hydrogen-bond acceptors (Lipinski definition) is 1. The molecular weight excluding hydrogens is 184 g/mol. The van der Waals surface area contributed by atoms with Crippen LogP contribution in [0, 0.1) is 5.92 Å². The van der Waals surface area contributed by atoms with Gasteiger partial charge in [-0.15, -0.1) is 0 Å². The number of benzene rings is 1. The van der Waals surface area contributed by atoms with Crippen LogP contribution in [0.1, 0.15) is 37.5 Å². The summed E-state index contributed by atoms with van der Waals surface area (Å²) in [5, 5.41) is 0. The van der Waals surface area contributed by atoms with Crippen molar-refractivity contribution in [2.75, 3.05) is 0 Å². The summed E-state index contributed by atoms with van der Waals surface area (Å²) in [4.78, 5) is 0. The zero-order valence-electron chi connectivity index (χ0n) is 9.92. The average Bonchev–Trinajstić information content (AvgIpc) is 2.27. The molecule has 0 fully saturated rings. The predicted molar refractivity (Wildman–Crippen MR) is 62.9 cm³/mol. The summed E-state index contributed by atoms with van der Waals surface area (Å²) in [5.74, 6) is 0.614. The molecule has 1 aliphatic rings. The Morgan fingerprint density at radius 2 is 2.20 bits per heavy atom. The molecule has 1 unspecified atom stereocenters. The summed E-state index contributed by atoms with van der Waals surface area (Å²) in [7, 11) is 0. The summed E-state index contributed by atoms with van der Waals surface area (Å²) >= 11 is 0. The number of aryl methyl sites for hydroxylation is 1. The largest absolute Gasteiger partial charge is 0.373 e. The molecule has 82 valence electrons. The molecule has 0 aliphatic carbocycles. The maximum atomic E-state index is 5.87. The van der Waals surface area contributed by atoms with E-state index in [1.807, 2.05) is 0 Å². The topological polar surface area (TPSA) is 9.23 Å². The molecule has 15 heavy (non-hydrogen) atoms. The van der Waals surface area contributed by atoms with Crippen molar-refractivity contribution in [3.05, 3.63) is 34.9 Å². The Labute approximate surface area is 92.5 Å². The van der Waals surface area contributed by atoms with Crippen molar-refractivity contribution >= 4 is 0 Å². The Bertz CT molecular complexity index is 327. The summed E-state index contributed by atoms with van der Waals surface area (Å²) in [6, 6.07) is 6.60. The Hall–Kier alpha value is -0.820. The van der Waals surface area contributed by atoms with Gasteiger partial charge in [0.25, 0.3) is 0 Å². The van der Waals surface area contributed by atoms with Crippen LogP contribution in [0.15, 0.2) is 18.2 Å². The number of rotatable bonds is 2. The minimum absolute atomic E-state index is 0.408. The van der Waals surface area contributed by atoms with Crippen molar-refractivity contribution in [1.29, 1.82) is 0 Å². The van der Waals surface area contributed by atoms with Gasteiger partial charge in [0.2, 0.25) is 0 Å². The SMILES string of the molecule is CCc1cccc2c1CC(C(C)C)OC2. The first-order valence-corrected chi connectivity index (χ1v) is 5.93. The molecule has 1 aliphatic heterocycles. The molecule has 1 heterocycles. The van der Waals surface area contributed by atoms with Gasteiger partial charge in [-0.25, -0.2) is 0 Å². The van der Waals surface area contributed by atoms with Gasteiger partial charge in [-0.2, -0.15) is 0 Å². The standard InChI is InChI=1S/C14H20O/c1-4-11-6-5-7-12-9-15-14(10(2)3)8-13(11)12/h5-7,10,14H,4,8-9H2,1-3H3. The van der Waals surface area contributed by atoms with Gasteiger partial charge in [-0.1, -0.05) is 39.0 Å². The van der Waals surface area contributed by atoms with Gasteiger partial charge < -0.3 is 4.74 Å². The normalized spacial score (nSPS) is 20.4. The fourth-order valence-electron chi connectivity index (χ4n) is 2.30. The van der Waals surface area contributed by atoms with E-state index in [9.17, 15) is 0 Å². The molecule has 1 atom stereocenters. The second-order valence-corrected chi connectivity index (χ2v) is 4.71. The van der Waals surface area contributed by atoms with Crippen molar-refractivity contribution in [1.82, 2.24) is 0 Å². The van der Waals surface area contributed by atoms with E-state index >= 15 is 0 Å². The Kier molecular flexibility index (Phi) is 3.11. The molecule has 1 aromatic carbocycles. The Morgan fingerprint density at radius 3 is 2.87 bits per heavy atom. The molecular formula is C14H20O. The van der Waals surface area contributed by atoms with E-state index in [1.54, 1.807) is 5.56 Å². The van der Waals surface area contributed by atoms with Gasteiger partial charge in [0.05, 0.1) is 12.7 Å². The van der Waals surface area contributed by atoms with Crippen molar-refractivity contribution in [2.45, 2.75) is 46.3 Å². The third kappa shape index (κ3) is 2.07. The third-order valence-corrected chi connectivity index (χ3v) is 3.35. The quantitative estimate of drug-likeness (QED) is 0.718. The highest BCUT2D eigenvalue weighted by Crippen LogP contribution is 2.27. The third-order valence-electron chi connectivity index (χ3n) is 3.35. The summed E-state index contributed by atoms with van der Waals surface area (Å²) in [6.45, 7) is 7.51. The van der Waals surface area contributed by atoms with Gasteiger partial charge >= 0.3 is 0 Å². The highest BCUT2D eigenvalue weighted by molar-refractivity contribution is 5.36. The lowest BCUT2D eigenvalue weighted by atomic mass is 9.89. The van der Waals surface area contributed by atoms with Gasteiger partial charge in [0, 0.05) is 0 Å². The second kappa shape index (κ2) is 4.36. The van der Waals surface area contributed by atoms with Crippen LogP contribution in [0.4, 0.5) is 0 Å². The van der Waals surface area contributed by atoms with E-state index in [2.05, 4.69) is 39.0 Å². The van der Waals surface area contributed by atoms with Crippen LogP contribution in [0.25, 0.3) is 0 Å². The van der Waals surface area contributed by atoms with E-state index in [0.717, 1.165) is 19.4 Å². The highest BCUT2D eigenvalue weighted by atomic mass is 16.5. The molecule has 0 bridgehead atoms. The molecule has 0 saturated carbocycles. The number of fused-ring (bicyclic) bond motifs is 1. The van der Waals surface area contributed by atoms with E-state index in [-0.39, 0.29) is 0 Å². The second-order valence-electron chi connectivity index (χ2n) is 4.71. The minimum Gasteiger partial charge on any atom is -0.373 e. The molecule has 1 nitrogen and oxygen atoms in total. The van der Waals surface area contributed by atoms with Crippen LogP contribution < -0.4 is 0 Å². The van der Waals surface area contributed by atoms with Gasteiger partial charge in [-0.05, 0) is 35.4 Å². The molecule has 0 amide bonds. The fraction of sp³-hybridized carbons (Fsp3) is 0.571. The number of hydrogen-bond donors (Lipinski definition) is 0. The first-order chi connectivity index (χ1) is 7.22. The summed E-state index contributed by atoms with van der Waals surface area (Å²) in [5.41, 5.74) is 4.44. The fourth-order valence-corrected chi connectivity index (χ4v) is 2.30. The smallest absolute Gasteiger partial charge is 0.0723 e. The lowest BCUT2D eigenvalue weighted by molar-refractivity contribution is -0.000522. The van der Waals surface area contributed by atoms with Gasteiger partial charge in [-0.3, -0.25) is 0 Å². The van der Waals surface area contributed by atoms with Crippen LogP contribution in [0.2, 0.25) is 0 Å². The minimum atomic E-state index is 0.408. The zero-order valence-corrected chi connectivity index (χ0v) is 9.92. The van der Waals surface area contributed by atoms with Gasteiger partial charge in [0.15, 0.2) is 0 Å². The Balaban J connectivity index is 2.30. The van der Waals surface area contributed by atoms with Crippen LogP contribution in [-0.4, -0.2) is 6.10 Å². The van der Waals surface area contributed by atoms with E-state index < -0.39 is 0 Å². The molecule has 0 radical (unpaired) electrons.